The van der Waals surface area contributed by atoms with Crippen molar-refractivity contribution in [3.63, 3.8) is 0 Å². The Balaban J connectivity index is 1.53. The molecular weight excluding hydrogens is 344 g/mol. The molecule has 0 aromatic heterocycles. The van der Waals surface area contributed by atoms with Crippen LogP contribution in [0.3, 0.4) is 0 Å². The molecule has 0 aliphatic heterocycles. The van der Waals surface area contributed by atoms with Gasteiger partial charge in [-0.05, 0) is 41.8 Å². The van der Waals surface area contributed by atoms with Crippen LogP contribution in [0.15, 0.2) is 77.9 Å². The number of hydrogen-bond acceptors (Lipinski definition) is 3. The van der Waals surface area contributed by atoms with Crippen LogP contribution < -0.4 is 10.2 Å². The van der Waals surface area contributed by atoms with E-state index >= 15 is 0 Å². The second-order valence-corrected chi connectivity index (χ2v) is 6.44. The van der Waals surface area contributed by atoms with E-state index in [0.29, 0.717) is 13.2 Å². The first-order chi connectivity index (χ1) is 12.7. The summed E-state index contributed by atoms with van der Waals surface area (Å²) in [7, 11) is 0. The third kappa shape index (κ3) is 5.36. The Labute approximate surface area is 159 Å². The molecule has 0 bridgehead atoms. The molecular formula is C22H21ClN2O. The molecule has 4 heteroatoms. The standard InChI is InChI=1S/C22H21ClN2O/c1-17-9-11-18(12-10-17)16-26-21-7-4-5-19(13-21)14-24-25-15-20-6-2-3-8-22(20)23/h2-14,25H,15-16H2,1H3/b24-14-. The Morgan fingerprint density at radius 1 is 1.00 bits per heavy atom. The fraction of sp³-hybridized carbons (Fsp3) is 0.136. The number of ether oxygens (including phenoxy) is 1. The third-order valence-corrected chi connectivity index (χ3v) is 4.29. The summed E-state index contributed by atoms with van der Waals surface area (Å²) in [6.07, 6.45) is 1.77. The normalized spacial score (nSPS) is 10.8. The fourth-order valence-electron chi connectivity index (χ4n) is 2.43. The average molecular weight is 365 g/mol. The molecule has 3 aromatic rings. The summed E-state index contributed by atoms with van der Waals surface area (Å²) >= 11 is 6.13. The Morgan fingerprint density at radius 3 is 2.62 bits per heavy atom. The van der Waals surface area contributed by atoms with Crippen LogP contribution in [0.1, 0.15) is 22.3 Å². The molecule has 26 heavy (non-hydrogen) atoms. The molecule has 0 atom stereocenters. The predicted octanol–water partition coefficient (Wildman–Crippen LogP) is 5.35. The number of nitrogens with zero attached hydrogens (tertiary/aromatic N) is 1. The van der Waals surface area contributed by atoms with Gasteiger partial charge in [-0.15, -0.1) is 0 Å². The van der Waals surface area contributed by atoms with Crippen molar-refractivity contribution in [3.8, 4) is 5.75 Å². The van der Waals surface area contributed by atoms with Crippen molar-refractivity contribution in [1.29, 1.82) is 0 Å². The lowest BCUT2D eigenvalue weighted by Crippen LogP contribution is -2.06. The van der Waals surface area contributed by atoms with Crippen molar-refractivity contribution in [3.05, 3.63) is 100 Å². The zero-order valence-electron chi connectivity index (χ0n) is 14.7. The summed E-state index contributed by atoms with van der Waals surface area (Å²) < 4.78 is 5.86. The maximum Gasteiger partial charge on any atom is 0.120 e. The predicted molar refractivity (Wildman–Crippen MR) is 108 cm³/mol. The number of hydrazone groups is 1. The molecule has 3 nitrogen and oxygen atoms in total. The lowest BCUT2D eigenvalue weighted by molar-refractivity contribution is 0.306. The Morgan fingerprint density at radius 2 is 1.81 bits per heavy atom. The van der Waals surface area contributed by atoms with Gasteiger partial charge in [-0.25, -0.2) is 0 Å². The summed E-state index contributed by atoms with van der Waals surface area (Å²) in [6.45, 7) is 3.21. The minimum atomic E-state index is 0.547. The van der Waals surface area contributed by atoms with E-state index in [1.165, 1.54) is 5.56 Å². The second kappa shape index (κ2) is 9.07. The second-order valence-electron chi connectivity index (χ2n) is 6.03. The van der Waals surface area contributed by atoms with Crippen molar-refractivity contribution in [2.24, 2.45) is 5.10 Å². The molecule has 0 saturated carbocycles. The molecule has 132 valence electrons. The number of aryl methyl sites for hydroxylation is 1. The van der Waals surface area contributed by atoms with Crippen molar-refractivity contribution >= 4 is 17.8 Å². The third-order valence-electron chi connectivity index (χ3n) is 3.92. The number of nitrogens with one attached hydrogen (secondary N) is 1. The highest BCUT2D eigenvalue weighted by molar-refractivity contribution is 6.31. The van der Waals surface area contributed by atoms with E-state index in [1.807, 2.05) is 48.5 Å². The number of benzene rings is 3. The first kappa shape index (κ1) is 18.0. The van der Waals surface area contributed by atoms with Gasteiger partial charge in [-0.3, -0.25) is 0 Å². The van der Waals surface area contributed by atoms with E-state index in [-0.39, 0.29) is 0 Å². The maximum absolute atomic E-state index is 6.13. The van der Waals surface area contributed by atoms with E-state index in [4.69, 9.17) is 16.3 Å². The monoisotopic (exact) mass is 364 g/mol. The molecule has 3 rings (SSSR count). The van der Waals surface area contributed by atoms with E-state index in [2.05, 4.69) is 41.7 Å². The Hall–Kier alpha value is -2.78. The van der Waals surface area contributed by atoms with Gasteiger partial charge in [0.15, 0.2) is 0 Å². The van der Waals surface area contributed by atoms with E-state index in [1.54, 1.807) is 6.21 Å². The minimum absolute atomic E-state index is 0.547. The number of rotatable bonds is 7. The van der Waals surface area contributed by atoms with Gasteiger partial charge in [0, 0.05) is 5.02 Å². The van der Waals surface area contributed by atoms with Crippen LogP contribution in [0.2, 0.25) is 5.02 Å². The molecule has 0 fully saturated rings. The number of hydrogen-bond donors (Lipinski definition) is 1. The molecule has 1 N–H and O–H groups in total. The summed E-state index contributed by atoms with van der Waals surface area (Å²) in [6, 6.07) is 23.9. The van der Waals surface area contributed by atoms with Crippen LogP contribution in [0.25, 0.3) is 0 Å². The summed E-state index contributed by atoms with van der Waals surface area (Å²) in [5.41, 5.74) is 7.40. The summed E-state index contributed by atoms with van der Waals surface area (Å²) in [5, 5.41) is 5.00. The molecule has 0 heterocycles. The van der Waals surface area contributed by atoms with Gasteiger partial charge in [-0.1, -0.05) is 71.8 Å². The molecule has 0 spiro atoms. The lowest BCUT2D eigenvalue weighted by atomic mass is 10.2. The SMILES string of the molecule is Cc1ccc(COc2cccc(/C=N\NCc3ccccc3Cl)c2)cc1. The lowest BCUT2D eigenvalue weighted by Gasteiger charge is -2.07. The van der Waals surface area contributed by atoms with Crippen LogP contribution in [-0.4, -0.2) is 6.21 Å². The highest BCUT2D eigenvalue weighted by atomic mass is 35.5. The van der Waals surface area contributed by atoms with Gasteiger partial charge in [0.05, 0.1) is 12.8 Å². The minimum Gasteiger partial charge on any atom is -0.489 e. The van der Waals surface area contributed by atoms with Gasteiger partial charge in [0.25, 0.3) is 0 Å². The zero-order valence-corrected chi connectivity index (χ0v) is 15.4. The fourth-order valence-corrected chi connectivity index (χ4v) is 2.63. The molecule has 0 saturated heterocycles. The smallest absolute Gasteiger partial charge is 0.120 e. The molecule has 0 aliphatic carbocycles. The maximum atomic E-state index is 6.13. The number of halogens is 1. The zero-order chi connectivity index (χ0) is 18.2. The quantitative estimate of drug-likeness (QED) is 0.453. The van der Waals surface area contributed by atoms with Crippen LogP contribution >= 0.6 is 11.6 Å². The van der Waals surface area contributed by atoms with Crippen molar-refractivity contribution < 1.29 is 4.74 Å². The first-order valence-electron chi connectivity index (χ1n) is 8.48. The molecule has 0 amide bonds. The van der Waals surface area contributed by atoms with Gasteiger partial charge in [-0.2, -0.15) is 5.10 Å². The molecule has 0 unspecified atom stereocenters. The topological polar surface area (TPSA) is 33.6 Å². The van der Waals surface area contributed by atoms with E-state index in [9.17, 15) is 0 Å². The van der Waals surface area contributed by atoms with Crippen molar-refractivity contribution in [2.75, 3.05) is 0 Å². The van der Waals surface area contributed by atoms with Gasteiger partial charge < -0.3 is 10.2 Å². The van der Waals surface area contributed by atoms with Gasteiger partial charge in [0.2, 0.25) is 0 Å². The van der Waals surface area contributed by atoms with Crippen LogP contribution in [0.4, 0.5) is 0 Å². The van der Waals surface area contributed by atoms with Crippen LogP contribution in [0, 0.1) is 6.92 Å². The summed E-state index contributed by atoms with van der Waals surface area (Å²) in [5.74, 6) is 0.820. The van der Waals surface area contributed by atoms with Crippen molar-refractivity contribution in [1.82, 2.24) is 5.43 Å². The van der Waals surface area contributed by atoms with Gasteiger partial charge in [0.1, 0.15) is 12.4 Å². The Kier molecular flexibility index (Phi) is 6.29. The largest absolute Gasteiger partial charge is 0.489 e. The molecule has 0 aliphatic rings. The average Bonchev–Trinajstić information content (AvgIpc) is 2.66. The van der Waals surface area contributed by atoms with Crippen LogP contribution in [-0.2, 0) is 13.2 Å². The van der Waals surface area contributed by atoms with E-state index < -0.39 is 0 Å². The van der Waals surface area contributed by atoms with E-state index in [0.717, 1.165) is 27.5 Å². The molecule has 0 radical (unpaired) electrons. The van der Waals surface area contributed by atoms with Crippen LogP contribution in [0.5, 0.6) is 5.75 Å². The van der Waals surface area contributed by atoms with Gasteiger partial charge >= 0.3 is 0 Å². The summed E-state index contributed by atoms with van der Waals surface area (Å²) in [4.78, 5) is 0. The highest BCUT2D eigenvalue weighted by Crippen LogP contribution is 2.15. The first-order valence-corrected chi connectivity index (χ1v) is 8.86. The highest BCUT2D eigenvalue weighted by Gasteiger charge is 1.98. The Bertz CT molecular complexity index is 875. The van der Waals surface area contributed by atoms with Crippen molar-refractivity contribution in [2.45, 2.75) is 20.1 Å². The molecule has 3 aromatic carbocycles.